The van der Waals surface area contributed by atoms with E-state index in [1.165, 1.54) is 0 Å². The fraction of sp³-hybridized carbons (Fsp3) is 0.135. The number of carbonyl (C=O) groups excluding carboxylic acids is 1. The Hall–Kier alpha value is -4.67. The Balaban J connectivity index is 1.41. The average molecular weight is 568 g/mol. The van der Waals surface area contributed by atoms with Gasteiger partial charge in [-0.05, 0) is 73.2 Å². The Kier molecular flexibility index (Phi) is 6.44. The molecule has 0 N–H and O–H groups in total. The molecule has 1 aliphatic heterocycles. The molecule has 0 aliphatic carbocycles. The van der Waals surface area contributed by atoms with Crippen molar-refractivity contribution >= 4 is 34.5 Å². The lowest BCUT2D eigenvalue weighted by atomic mass is 9.76. The van der Waals surface area contributed by atoms with Gasteiger partial charge in [-0.2, -0.15) is 0 Å². The van der Waals surface area contributed by atoms with E-state index >= 15 is 0 Å². The molecule has 0 bridgehead atoms. The predicted molar refractivity (Wildman–Crippen MR) is 170 cm³/mol. The number of rotatable bonds is 5. The first-order valence-electron chi connectivity index (χ1n) is 14.3. The van der Waals surface area contributed by atoms with Crippen LogP contribution in [-0.2, 0) is 12.0 Å². The number of hydrogen-bond acceptors (Lipinski definition) is 2. The van der Waals surface area contributed by atoms with Gasteiger partial charge in [0.05, 0.1) is 17.5 Å². The first-order valence-corrected chi connectivity index (χ1v) is 14.6. The number of allylic oxidation sites excluding steroid dienone is 1. The molecular formula is C37H30ClN3O. The Bertz CT molecular complexity index is 1870. The summed E-state index contributed by atoms with van der Waals surface area (Å²) in [6.07, 6.45) is 5.36. The molecular weight excluding hydrogens is 538 g/mol. The van der Waals surface area contributed by atoms with Crippen LogP contribution < -0.4 is 0 Å². The second-order valence-electron chi connectivity index (χ2n) is 10.9. The van der Waals surface area contributed by atoms with E-state index in [2.05, 4.69) is 91.2 Å². The summed E-state index contributed by atoms with van der Waals surface area (Å²) in [6, 6.07) is 37.4. The minimum absolute atomic E-state index is 0.00561. The highest BCUT2D eigenvalue weighted by atomic mass is 35.5. The van der Waals surface area contributed by atoms with Crippen LogP contribution in [0.5, 0.6) is 0 Å². The number of benzene rings is 4. The van der Waals surface area contributed by atoms with Crippen molar-refractivity contribution in [3.63, 3.8) is 0 Å². The highest BCUT2D eigenvalue weighted by Crippen LogP contribution is 2.42. The van der Waals surface area contributed by atoms with Crippen LogP contribution >= 0.6 is 11.6 Å². The number of hydrogen-bond donors (Lipinski definition) is 0. The van der Waals surface area contributed by atoms with Crippen LogP contribution in [0.15, 0.2) is 121 Å². The summed E-state index contributed by atoms with van der Waals surface area (Å²) in [5.41, 5.74) is 8.37. The van der Waals surface area contributed by atoms with Crippen molar-refractivity contribution in [2.45, 2.75) is 32.2 Å². The van der Waals surface area contributed by atoms with Crippen LogP contribution in [-0.4, -0.2) is 20.0 Å². The van der Waals surface area contributed by atoms with Gasteiger partial charge in [-0.15, -0.1) is 0 Å². The number of fused-ring (bicyclic) bond motifs is 3. The molecule has 206 valence electrons. The van der Waals surface area contributed by atoms with E-state index in [9.17, 15) is 4.79 Å². The summed E-state index contributed by atoms with van der Waals surface area (Å²) >= 11 is 6.30. The third-order valence-electron chi connectivity index (χ3n) is 8.71. The zero-order chi connectivity index (χ0) is 28.8. The van der Waals surface area contributed by atoms with Gasteiger partial charge in [-0.1, -0.05) is 103 Å². The normalized spacial score (nSPS) is 14.5. The van der Waals surface area contributed by atoms with Crippen molar-refractivity contribution in [1.82, 2.24) is 14.1 Å². The second kappa shape index (κ2) is 10.3. The van der Waals surface area contributed by atoms with E-state index in [0.717, 1.165) is 62.2 Å². The average Bonchev–Trinajstić information content (AvgIpc) is 3.53. The molecule has 0 radical (unpaired) electrons. The van der Waals surface area contributed by atoms with E-state index in [0.29, 0.717) is 11.4 Å². The van der Waals surface area contributed by atoms with Gasteiger partial charge < -0.3 is 4.57 Å². The highest BCUT2D eigenvalue weighted by molar-refractivity contribution is 6.31. The Morgan fingerprint density at radius 3 is 1.93 bits per heavy atom. The van der Waals surface area contributed by atoms with Gasteiger partial charge in [-0.3, -0.25) is 9.36 Å². The molecule has 0 saturated heterocycles. The van der Waals surface area contributed by atoms with Crippen LogP contribution in [0.25, 0.3) is 17.0 Å². The van der Waals surface area contributed by atoms with Crippen LogP contribution in [0, 0.1) is 13.8 Å². The molecule has 4 aromatic carbocycles. The largest absolute Gasteiger partial charge is 0.316 e. The third-order valence-corrected chi connectivity index (χ3v) is 8.94. The van der Waals surface area contributed by atoms with E-state index in [1.54, 1.807) is 0 Å². The maximum atomic E-state index is 13.9. The molecule has 7 rings (SSSR count). The maximum absolute atomic E-state index is 13.9. The van der Waals surface area contributed by atoms with Crippen molar-refractivity contribution in [2.24, 2.45) is 0 Å². The molecule has 0 unspecified atom stereocenters. The summed E-state index contributed by atoms with van der Waals surface area (Å²) in [6.45, 7) is 4.17. The molecule has 0 atom stereocenters. The molecule has 42 heavy (non-hydrogen) atoms. The fourth-order valence-electron chi connectivity index (χ4n) is 6.66. The fourth-order valence-corrected chi connectivity index (χ4v) is 6.84. The Morgan fingerprint density at radius 2 is 1.36 bits per heavy atom. The number of nitrogens with zero attached hydrogens (tertiary/aromatic N) is 3. The van der Waals surface area contributed by atoms with Gasteiger partial charge in [0.25, 0.3) is 5.91 Å². The van der Waals surface area contributed by atoms with Gasteiger partial charge in [0.15, 0.2) is 0 Å². The lowest BCUT2D eigenvalue weighted by Crippen LogP contribution is -2.38. The molecule has 2 aromatic heterocycles. The molecule has 1 aliphatic rings. The predicted octanol–water partition coefficient (Wildman–Crippen LogP) is 8.62. The minimum atomic E-state index is -0.658. The molecule has 0 spiro atoms. The quantitative estimate of drug-likeness (QED) is 0.154. The van der Waals surface area contributed by atoms with Crippen molar-refractivity contribution in [1.29, 1.82) is 0 Å². The summed E-state index contributed by atoms with van der Waals surface area (Å²) in [4.78, 5) is 18.9. The Morgan fingerprint density at radius 1 is 0.786 bits per heavy atom. The summed E-state index contributed by atoms with van der Waals surface area (Å²) in [5.74, 6) is 0.00561. The zero-order valence-corrected chi connectivity index (χ0v) is 24.3. The van der Waals surface area contributed by atoms with Crippen molar-refractivity contribution < 1.29 is 4.79 Å². The van der Waals surface area contributed by atoms with Gasteiger partial charge in [-0.25, -0.2) is 4.98 Å². The molecule has 0 saturated carbocycles. The number of imidazole rings is 1. The molecule has 0 fully saturated rings. The zero-order valence-electron chi connectivity index (χ0n) is 23.6. The second-order valence-corrected chi connectivity index (χ2v) is 11.4. The lowest BCUT2D eigenvalue weighted by Gasteiger charge is -2.38. The number of halogens is 1. The Labute approximate surface area is 250 Å². The first kappa shape index (κ1) is 26.2. The van der Waals surface area contributed by atoms with Gasteiger partial charge >= 0.3 is 0 Å². The SMILES string of the molecule is Cc1c2n(c3ccc(Cl)cc13)C(=O)/C(=C/c1ncn(C(c3ccccc3)(c3ccccc3)c3ccccc3)c1C)CC2. The van der Waals surface area contributed by atoms with Crippen LogP contribution in [0.4, 0.5) is 0 Å². The standard InChI is InChI=1S/C37H30ClN3O/c1-25-32-23-31(38)19-21-35(32)41-34(25)20-18-27(36(41)42)22-33-26(2)40(24-39-33)37(28-12-6-3-7-13-28,29-14-8-4-9-15-29)30-16-10-5-11-17-30/h3-17,19,21-24H,18,20H2,1-2H3/b27-22+. The van der Waals surface area contributed by atoms with Crippen molar-refractivity contribution in [3.8, 4) is 0 Å². The first-order chi connectivity index (χ1) is 20.5. The molecule has 0 amide bonds. The summed E-state index contributed by atoms with van der Waals surface area (Å²) in [5, 5.41) is 1.71. The van der Waals surface area contributed by atoms with Gasteiger partial charge in [0, 0.05) is 27.4 Å². The minimum Gasteiger partial charge on any atom is -0.316 e. The number of carbonyl (C=O) groups is 1. The molecule has 5 heteroatoms. The van der Waals surface area contributed by atoms with E-state index in [1.807, 2.05) is 53.4 Å². The van der Waals surface area contributed by atoms with Gasteiger partial charge in [0.2, 0.25) is 0 Å². The smallest absolute Gasteiger partial charge is 0.258 e. The molecule has 4 nitrogen and oxygen atoms in total. The van der Waals surface area contributed by atoms with E-state index in [-0.39, 0.29) is 5.91 Å². The van der Waals surface area contributed by atoms with Gasteiger partial charge in [0.1, 0.15) is 5.54 Å². The summed E-state index contributed by atoms with van der Waals surface area (Å²) < 4.78 is 4.13. The summed E-state index contributed by atoms with van der Waals surface area (Å²) in [7, 11) is 0. The number of aryl methyl sites for hydroxylation is 1. The number of aromatic nitrogens is 3. The van der Waals surface area contributed by atoms with E-state index in [4.69, 9.17) is 16.6 Å². The van der Waals surface area contributed by atoms with Crippen LogP contribution in [0.2, 0.25) is 5.02 Å². The maximum Gasteiger partial charge on any atom is 0.258 e. The van der Waals surface area contributed by atoms with Crippen molar-refractivity contribution in [2.75, 3.05) is 0 Å². The lowest BCUT2D eigenvalue weighted by molar-refractivity contribution is 0.0946. The third kappa shape index (κ3) is 3.98. The highest BCUT2D eigenvalue weighted by Gasteiger charge is 2.39. The van der Waals surface area contributed by atoms with Crippen LogP contribution in [0.1, 0.15) is 50.6 Å². The molecule has 3 heterocycles. The molecule has 6 aromatic rings. The van der Waals surface area contributed by atoms with Crippen molar-refractivity contribution in [3.05, 3.63) is 165 Å². The van der Waals surface area contributed by atoms with Crippen LogP contribution in [0.3, 0.4) is 0 Å². The monoisotopic (exact) mass is 567 g/mol. The van der Waals surface area contributed by atoms with E-state index < -0.39 is 5.54 Å². The topological polar surface area (TPSA) is 39.8 Å².